The first-order valence-electron chi connectivity index (χ1n) is 12.2. The Kier molecular flexibility index (Phi) is 9.32. The van der Waals surface area contributed by atoms with Crippen LogP contribution in [0.2, 0.25) is 0 Å². The lowest BCUT2D eigenvalue weighted by atomic mass is 9.91. The molecule has 0 amide bonds. The molecule has 0 aliphatic rings. The Morgan fingerprint density at radius 1 is 1.11 bits per heavy atom. The van der Waals surface area contributed by atoms with Gasteiger partial charge in [0.15, 0.2) is 0 Å². The number of alkyl halides is 3. The van der Waals surface area contributed by atoms with Gasteiger partial charge in [0.05, 0.1) is 31.2 Å². The SMILES string of the molecule is CC(C(=O)CCc1cc(C(C)(C)C)nn1-c1cccc(OC(F)(F)F)c1)c1ccc(COCCO)c(F)c1. The molecule has 3 aromatic rings. The molecule has 1 aromatic heterocycles. The van der Waals surface area contributed by atoms with Crippen LogP contribution in [0.5, 0.6) is 5.75 Å². The van der Waals surface area contributed by atoms with Crippen LogP contribution in [0.3, 0.4) is 0 Å². The van der Waals surface area contributed by atoms with Gasteiger partial charge in [0.25, 0.3) is 0 Å². The molecule has 0 aliphatic heterocycles. The maximum Gasteiger partial charge on any atom is 0.573 e. The second-order valence-electron chi connectivity index (χ2n) is 10.0. The number of aliphatic hydroxyl groups excluding tert-OH is 1. The molecule has 10 heteroatoms. The van der Waals surface area contributed by atoms with E-state index in [2.05, 4.69) is 9.84 Å². The summed E-state index contributed by atoms with van der Waals surface area (Å²) in [4.78, 5) is 13.0. The molecule has 3 rings (SSSR count). The number of hydrogen-bond acceptors (Lipinski definition) is 5. The van der Waals surface area contributed by atoms with Gasteiger partial charge in [-0.3, -0.25) is 4.79 Å². The average molecular weight is 537 g/mol. The smallest absolute Gasteiger partial charge is 0.406 e. The molecule has 0 saturated carbocycles. The van der Waals surface area contributed by atoms with E-state index in [1.54, 1.807) is 25.1 Å². The highest BCUT2D eigenvalue weighted by atomic mass is 19.4. The van der Waals surface area contributed by atoms with Crippen LogP contribution in [0, 0.1) is 5.82 Å². The van der Waals surface area contributed by atoms with E-state index < -0.39 is 18.1 Å². The van der Waals surface area contributed by atoms with E-state index in [9.17, 15) is 22.4 Å². The third-order valence-electron chi connectivity index (χ3n) is 6.03. The molecular formula is C28H32F4N2O4. The van der Waals surface area contributed by atoms with E-state index >= 15 is 0 Å². The van der Waals surface area contributed by atoms with Gasteiger partial charge in [-0.15, -0.1) is 13.2 Å². The number of nitrogens with zero attached hydrogens (tertiary/aromatic N) is 2. The Morgan fingerprint density at radius 2 is 1.84 bits per heavy atom. The lowest BCUT2D eigenvalue weighted by Gasteiger charge is -2.14. The predicted octanol–water partition coefficient (Wildman–Crippen LogP) is 6.02. The summed E-state index contributed by atoms with van der Waals surface area (Å²) in [5.74, 6) is -1.55. The van der Waals surface area contributed by atoms with Gasteiger partial charge in [0, 0.05) is 35.1 Å². The number of carbonyl (C=O) groups excluding carboxylic acids is 1. The number of carbonyl (C=O) groups is 1. The van der Waals surface area contributed by atoms with Gasteiger partial charge >= 0.3 is 6.36 Å². The van der Waals surface area contributed by atoms with E-state index in [1.165, 1.54) is 28.9 Å². The average Bonchev–Trinajstić information content (AvgIpc) is 3.27. The van der Waals surface area contributed by atoms with Gasteiger partial charge < -0.3 is 14.6 Å². The Labute approximate surface area is 219 Å². The standard InChI is InChI=1S/C28H32F4N2O4/c1-18(19-8-9-20(24(29)14-19)17-37-13-12-35)25(36)11-10-22-16-26(27(2,3)4)33-34(22)21-6-5-7-23(15-21)38-28(30,31)32/h5-9,14-16,18,35H,10-13,17H2,1-4H3. The van der Waals surface area contributed by atoms with Crippen molar-refractivity contribution in [2.75, 3.05) is 13.2 Å². The van der Waals surface area contributed by atoms with Crippen molar-refractivity contribution in [3.8, 4) is 11.4 Å². The monoisotopic (exact) mass is 536 g/mol. The number of ether oxygens (including phenoxy) is 2. The van der Waals surface area contributed by atoms with Crippen molar-refractivity contribution in [2.24, 2.45) is 0 Å². The summed E-state index contributed by atoms with van der Waals surface area (Å²) in [5, 5.41) is 13.4. The molecule has 0 spiro atoms. The number of aryl methyl sites for hydroxylation is 1. The normalized spacial score (nSPS) is 13.0. The van der Waals surface area contributed by atoms with Gasteiger partial charge in [-0.05, 0) is 36.2 Å². The second-order valence-corrected chi connectivity index (χ2v) is 10.0. The third-order valence-corrected chi connectivity index (χ3v) is 6.03. The molecule has 2 aromatic carbocycles. The van der Waals surface area contributed by atoms with Gasteiger partial charge in [-0.25, -0.2) is 9.07 Å². The van der Waals surface area contributed by atoms with E-state index in [-0.39, 0.29) is 49.6 Å². The first-order chi connectivity index (χ1) is 17.8. The predicted molar refractivity (Wildman–Crippen MR) is 134 cm³/mol. The number of hydrogen-bond donors (Lipinski definition) is 1. The number of benzene rings is 2. The fourth-order valence-corrected chi connectivity index (χ4v) is 3.85. The number of halogens is 4. The van der Waals surface area contributed by atoms with Crippen LogP contribution < -0.4 is 4.74 Å². The van der Waals surface area contributed by atoms with Crippen molar-refractivity contribution in [3.63, 3.8) is 0 Å². The fourth-order valence-electron chi connectivity index (χ4n) is 3.85. The van der Waals surface area contributed by atoms with Crippen LogP contribution >= 0.6 is 0 Å². The number of aliphatic hydroxyl groups is 1. The lowest BCUT2D eigenvalue weighted by molar-refractivity contribution is -0.274. The highest BCUT2D eigenvalue weighted by Gasteiger charge is 2.31. The van der Waals surface area contributed by atoms with E-state index in [0.29, 0.717) is 22.5 Å². The third kappa shape index (κ3) is 7.88. The zero-order valence-electron chi connectivity index (χ0n) is 21.8. The molecular weight excluding hydrogens is 504 g/mol. The summed E-state index contributed by atoms with van der Waals surface area (Å²) in [6.45, 7) is 7.56. The van der Waals surface area contributed by atoms with Crippen molar-refractivity contribution in [1.29, 1.82) is 0 Å². The molecule has 1 unspecified atom stereocenters. The summed E-state index contributed by atoms with van der Waals surface area (Å²) in [6.07, 6.45) is -4.42. The van der Waals surface area contributed by atoms with E-state index in [1.807, 2.05) is 26.8 Å². The van der Waals surface area contributed by atoms with Gasteiger partial charge in [0.2, 0.25) is 0 Å². The summed E-state index contributed by atoms with van der Waals surface area (Å²) in [6, 6.07) is 11.9. The largest absolute Gasteiger partial charge is 0.573 e. The molecule has 0 radical (unpaired) electrons. The summed E-state index contributed by atoms with van der Waals surface area (Å²) in [7, 11) is 0. The van der Waals surface area contributed by atoms with E-state index in [4.69, 9.17) is 9.84 Å². The van der Waals surface area contributed by atoms with Crippen LogP contribution in [-0.4, -0.2) is 40.2 Å². The molecule has 206 valence electrons. The zero-order chi connectivity index (χ0) is 28.1. The lowest BCUT2D eigenvalue weighted by Crippen LogP contribution is -2.17. The molecule has 1 atom stereocenters. The minimum atomic E-state index is -4.82. The van der Waals surface area contributed by atoms with Crippen molar-refractivity contribution in [1.82, 2.24) is 9.78 Å². The first-order valence-corrected chi connectivity index (χ1v) is 12.2. The first kappa shape index (κ1) is 29.3. The number of rotatable bonds is 11. The Balaban J connectivity index is 1.79. The molecule has 0 bridgehead atoms. The summed E-state index contributed by atoms with van der Waals surface area (Å²) < 4.78 is 63.5. The zero-order valence-corrected chi connectivity index (χ0v) is 21.8. The van der Waals surface area contributed by atoms with Crippen LogP contribution in [0.1, 0.15) is 62.5 Å². The van der Waals surface area contributed by atoms with Gasteiger partial charge in [-0.2, -0.15) is 5.10 Å². The molecule has 0 fully saturated rings. The number of Topliss-reactive ketones (excluding diaryl/α,β-unsaturated/α-hetero) is 1. The summed E-state index contributed by atoms with van der Waals surface area (Å²) >= 11 is 0. The Hall–Kier alpha value is -3.24. The molecule has 1 N–H and O–H groups in total. The quantitative estimate of drug-likeness (QED) is 0.240. The van der Waals surface area contributed by atoms with Crippen molar-refractivity contribution in [2.45, 2.75) is 64.8 Å². The van der Waals surface area contributed by atoms with E-state index in [0.717, 1.165) is 5.69 Å². The minimum absolute atomic E-state index is 0.0182. The van der Waals surface area contributed by atoms with Crippen molar-refractivity contribution < 1.29 is 36.9 Å². The highest BCUT2D eigenvalue weighted by molar-refractivity contribution is 5.85. The molecule has 38 heavy (non-hydrogen) atoms. The van der Waals surface area contributed by atoms with Gasteiger partial charge in [-0.1, -0.05) is 45.9 Å². The second kappa shape index (κ2) is 12.1. The van der Waals surface area contributed by atoms with Gasteiger partial charge in [0.1, 0.15) is 17.3 Å². The minimum Gasteiger partial charge on any atom is -0.406 e. The fraction of sp³-hybridized carbons (Fsp3) is 0.429. The molecule has 1 heterocycles. The van der Waals surface area contributed by atoms with Crippen molar-refractivity contribution >= 4 is 5.78 Å². The Morgan fingerprint density at radius 3 is 2.47 bits per heavy atom. The molecule has 6 nitrogen and oxygen atoms in total. The summed E-state index contributed by atoms with van der Waals surface area (Å²) in [5.41, 5.74) is 2.27. The number of aromatic nitrogens is 2. The van der Waals surface area contributed by atoms with Crippen LogP contribution in [0.4, 0.5) is 17.6 Å². The maximum absolute atomic E-state index is 14.5. The van der Waals surface area contributed by atoms with Crippen LogP contribution in [0.25, 0.3) is 5.69 Å². The molecule has 0 saturated heterocycles. The maximum atomic E-state index is 14.5. The van der Waals surface area contributed by atoms with Crippen LogP contribution in [-0.2, 0) is 28.0 Å². The molecule has 0 aliphatic carbocycles. The highest BCUT2D eigenvalue weighted by Crippen LogP contribution is 2.29. The number of ketones is 1. The van der Waals surface area contributed by atoms with Crippen molar-refractivity contribution in [3.05, 3.63) is 76.9 Å². The topological polar surface area (TPSA) is 73.6 Å². The van der Waals surface area contributed by atoms with Crippen LogP contribution in [0.15, 0.2) is 48.5 Å². The Bertz CT molecular complexity index is 1250.